The van der Waals surface area contributed by atoms with Crippen molar-refractivity contribution in [1.29, 1.82) is 0 Å². The number of hydrogen-bond donors (Lipinski definition) is 1. The monoisotopic (exact) mass is 373 g/mol. The highest BCUT2D eigenvalue weighted by Crippen LogP contribution is 2.36. The highest BCUT2D eigenvalue weighted by molar-refractivity contribution is 6.31. The van der Waals surface area contributed by atoms with Gasteiger partial charge in [-0.25, -0.2) is 0 Å². The van der Waals surface area contributed by atoms with Crippen molar-refractivity contribution in [2.24, 2.45) is 0 Å². The molecule has 0 bridgehead atoms. The van der Waals surface area contributed by atoms with Gasteiger partial charge in [-0.1, -0.05) is 56.6 Å². The Balaban J connectivity index is 1.93. The first-order valence-electron chi connectivity index (χ1n) is 8.10. The minimum Gasteiger partial charge on any atom is -0.311 e. The number of nitrogens with zero attached hydrogens (tertiary/aromatic N) is 2. The fourth-order valence-electron chi connectivity index (χ4n) is 2.53. The normalized spacial score (nSPS) is 12.6. The van der Waals surface area contributed by atoms with Gasteiger partial charge in [-0.15, -0.1) is 0 Å². The van der Waals surface area contributed by atoms with Gasteiger partial charge in [-0.3, -0.25) is 4.68 Å². The zero-order valence-corrected chi connectivity index (χ0v) is 15.6. The number of alkyl halides is 3. The number of aromatic nitrogens is 2. The molecule has 0 aliphatic heterocycles. The second-order valence-corrected chi connectivity index (χ2v) is 7.47. The highest BCUT2D eigenvalue weighted by Gasteiger charge is 2.38. The van der Waals surface area contributed by atoms with Gasteiger partial charge in [0.05, 0.1) is 17.3 Å². The summed E-state index contributed by atoms with van der Waals surface area (Å²) in [4.78, 5) is 0. The molecule has 0 aliphatic carbocycles. The molecule has 138 valence electrons. The van der Waals surface area contributed by atoms with E-state index < -0.39 is 11.9 Å². The molecule has 7 heteroatoms. The van der Waals surface area contributed by atoms with Gasteiger partial charge >= 0.3 is 6.18 Å². The van der Waals surface area contributed by atoms with Crippen LogP contribution < -0.4 is 5.32 Å². The molecule has 0 fully saturated rings. The summed E-state index contributed by atoms with van der Waals surface area (Å²) in [5.74, 6) is 0. The summed E-state index contributed by atoms with van der Waals surface area (Å²) in [6.45, 7) is 8.96. The average molecular weight is 374 g/mol. The standard InChI is InChI=1S/C18H23ClF3N3/c1-12-15(19)16(18(20,21)22)25(24-12)10-9-23-11-13-5-7-14(8-6-13)17(2,3)4/h5-8,23H,9-11H2,1-4H3. The lowest BCUT2D eigenvalue weighted by Gasteiger charge is -2.19. The largest absolute Gasteiger partial charge is 0.434 e. The lowest BCUT2D eigenvalue weighted by Crippen LogP contribution is -2.23. The van der Waals surface area contributed by atoms with Crippen LogP contribution in [-0.4, -0.2) is 16.3 Å². The van der Waals surface area contributed by atoms with E-state index in [2.05, 4.69) is 43.3 Å². The number of hydrogen-bond acceptors (Lipinski definition) is 2. The smallest absolute Gasteiger partial charge is 0.311 e. The Morgan fingerprint density at radius 3 is 2.24 bits per heavy atom. The van der Waals surface area contributed by atoms with Crippen molar-refractivity contribution < 1.29 is 13.2 Å². The molecule has 1 aromatic heterocycles. The lowest BCUT2D eigenvalue weighted by molar-refractivity contribution is -0.144. The molecule has 2 rings (SSSR count). The van der Waals surface area contributed by atoms with E-state index >= 15 is 0 Å². The average Bonchev–Trinajstić information content (AvgIpc) is 2.78. The van der Waals surface area contributed by atoms with Crippen LogP contribution >= 0.6 is 11.6 Å². The summed E-state index contributed by atoms with van der Waals surface area (Å²) in [6, 6.07) is 8.22. The Labute approximate surface area is 151 Å². The molecule has 0 saturated heterocycles. The van der Waals surface area contributed by atoms with Crippen molar-refractivity contribution in [3.8, 4) is 0 Å². The van der Waals surface area contributed by atoms with Crippen LogP contribution in [0.1, 0.15) is 43.3 Å². The summed E-state index contributed by atoms with van der Waals surface area (Å²) in [5.41, 5.74) is 1.72. The summed E-state index contributed by atoms with van der Waals surface area (Å²) in [5, 5.41) is 6.70. The summed E-state index contributed by atoms with van der Waals surface area (Å²) in [7, 11) is 0. The van der Waals surface area contributed by atoms with Crippen molar-refractivity contribution in [1.82, 2.24) is 15.1 Å². The van der Waals surface area contributed by atoms with Crippen LogP contribution in [0.5, 0.6) is 0 Å². The fraction of sp³-hybridized carbons (Fsp3) is 0.500. The third-order valence-electron chi connectivity index (χ3n) is 3.97. The Kier molecular flexibility index (Phi) is 5.84. The van der Waals surface area contributed by atoms with Gasteiger partial charge in [0.25, 0.3) is 0 Å². The van der Waals surface area contributed by atoms with E-state index in [1.807, 2.05) is 12.1 Å². The van der Waals surface area contributed by atoms with Crippen LogP contribution in [0.2, 0.25) is 5.02 Å². The topological polar surface area (TPSA) is 29.9 Å². The molecule has 0 saturated carbocycles. The molecule has 3 nitrogen and oxygen atoms in total. The third-order valence-corrected chi connectivity index (χ3v) is 4.42. The van der Waals surface area contributed by atoms with Crippen LogP contribution in [0.15, 0.2) is 24.3 Å². The summed E-state index contributed by atoms with van der Waals surface area (Å²) < 4.78 is 40.1. The van der Waals surface area contributed by atoms with E-state index in [1.54, 1.807) is 0 Å². The van der Waals surface area contributed by atoms with Crippen molar-refractivity contribution in [2.45, 2.75) is 52.4 Å². The zero-order valence-electron chi connectivity index (χ0n) is 14.8. The van der Waals surface area contributed by atoms with Crippen LogP contribution in [0, 0.1) is 6.92 Å². The van der Waals surface area contributed by atoms with Crippen LogP contribution in [0.25, 0.3) is 0 Å². The summed E-state index contributed by atoms with van der Waals surface area (Å²) in [6.07, 6.45) is -4.51. The maximum Gasteiger partial charge on any atom is 0.434 e. The minimum atomic E-state index is -4.51. The fourth-order valence-corrected chi connectivity index (χ4v) is 2.77. The second-order valence-electron chi connectivity index (χ2n) is 7.09. The Hall–Kier alpha value is -1.53. The first-order chi connectivity index (χ1) is 11.5. The highest BCUT2D eigenvalue weighted by atomic mass is 35.5. The molecule has 2 aromatic rings. The maximum absolute atomic E-state index is 13.1. The van der Waals surface area contributed by atoms with E-state index in [-0.39, 0.29) is 22.7 Å². The van der Waals surface area contributed by atoms with Crippen LogP contribution in [0.3, 0.4) is 0 Å². The number of aryl methyl sites for hydroxylation is 1. The predicted molar refractivity (Wildman–Crippen MR) is 93.8 cm³/mol. The molecule has 1 N–H and O–H groups in total. The Morgan fingerprint density at radius 2 is 1.72 bits per heavy atom. The summed E-state index contributed by atoms with van der Waals surface area (Å²) >= 11 is 5.74. The molecule has 1 aromatic carbocycles. The van der Waals surface area contributed by atoms with Gasteiger partial charge in [0.15, 0.2) is 5.69 Å². The SMILES string of the molecule is Cc1nn(CCNCc2ccc(C(C)(C)C)cc2)c(C(F)(F)F)c1Cl. The van der Waals surface area contributed by atoms with Crippen molar-refractivity contribution in [2.75, 3.05) is 6.54 Å². The number of benzene rings is 1. The van der Waals surface area contributed by atoms with E-state index in [0.29, 0.717) is 13.1 Å². The molecular weight excluding hydrogens is 351 g/mol. The first kappa shape index (κ1) is 19.8. The molecule has 1 heterocycles. The van der Waals surface area contributed by atoms with E-state index in [0.717, 1.165) is 10.2 Å². The molecule has 0 atom stereocenters. The predicted octanol–water partition coefficient (Wildman–Crippen LogP) is 4.95. The number of halogens is 4. The van der Waals surface area contributed by atoms with E-state index in [9.17, 15) is 13.2 Å². The van der Waals surface area contributed by atoms with Crippen molar-refractivity contribution >= 4 is 11.6 Å². The van der Waals surface area contributed by atoms with Gasteiger partial charge in [-0.05, 0) is 23.5 Å². The Bertz CT molecular complexity index is 713. The molecule has 0 spiro atoms. The molecule has 0 unspecified atom stereocenters. The number of nitrogens with one attached hydrogen (secondary N) is 1. The van der Waals surface area contributed by atoms with Gasteiger partial charge in [0.2, 0.25) is 0 Å². The van der Waals surface area contributed by atoms with Gasteiger partial charge < -0.3 is 5.32 Å². The second kappa shape index (κ2) is 7.38. The minimum absolute atomic E-state index is 0.0944. The first-order valence-corrected chi connectivity index (χ1v) is 8.48. The van der Waals surface area contributed by atoms with Gasteiger partial charge in [-0.2, -0.15) is 18.3 Å². The number of rotatable bonds is 5. The zero-order chi connectivity index (χ0) is 18.8. The van der Waals surface area contributed by atoms with E-state index in [1.165, 1.54) is 12.5 Å². The molecule has 25 heavy (non-hydrogen) atoms. The van der Waals surface area contributed by atoms with Crippen LogP contribution in [0.4, 0.5) is 13.2 Å². The van der Waals surface area contributed by atoms with Crippen molar-refractivity contribution in [3.63, 3.8) is 0 Å². The lowest BCUT2D eigenvalue weighted by atomic mass is 9.87. The quantitative estimate of drug-likeness (QED) is 0.751. The van der Waals surface area contributed by atoms with Crippen molar-refractivity contribution in [3.05, 3.63) is 51.8 Å². The molecular formula is C18H23ClF3N3. The molecule has 0 amide bonds. The Morgan fingerprint density at radius 1 is 1.12 bits per heavy atom. The molecule has 0 radical (unpaired) electrons. The van der Waals surface area contributed by atoms with Crippen LogP contribution in [-0.2, 0) is 24.7 Å². The van der Waals surface area contributed by atoms with Gasteiger partial charge in [0, 0.05) is 13.1 Å². The molecule has 0 aliphatic rings. The maximum atomic E-state index is 13.1. The van der Waals surface area contributed by atoms with Gasteiger partial charge in [0.1, 0.15) is 0 Å². The van der Waals surface area contributed by atoms with E-state index in [4.69, 9.17) is 11.6 Å². The third kappa shape index (κ3) is 4.98.